The van der Waals surface area contributed by atoms with Crippen LogP contribution in [0.3, 0.4) is 0 Å². The van der Waals surface area contributed by atoms with Gasteiger partial charge in [0.25, 0.3) is 0 Å². The second kappa shape index (κ2) is 1.95. The minimum atomic E-state index is 0.122. The Kier molecular flexibility index (Phi) is 1.29. The van der Waals surface area contributed by atoms with Crippen molar-refractivity contribution in [1.29, 1.82) is 0 Å². The van der Waals surface area contributed by atoms with E-state index in [1.165, 1.54) is 25.9 Å². The van der Waals surface area contributed by atoms with E-state index >= 15 is 0 Å². The van der Waals surface area contributed by atoms with Crippen LogP contribution in [0.1, 0.15) is 19.8 Å². The summed E-state index contributed by atoms with van der Waals surface area (Å²) in [5.41, 5.74) is 6.24. The first-order valence-corrected chi connectivity index (χ1v) is 4.20. The molecule has 3 rings (SSSR count). The van der Waals surface area contributed by atoms with Crippen LogP contribution in [0.4, 0.5) is 0 Å². The van der Waals surface area contributed by atoms with E-state index < -0.39 is 0 Å². The molecule has 3 aliphatic heterocycles. The van der Waals surface area contributed by atoms with Crippen LogP contribution in [-0.2, 0) is 0 Å². The molecule has 2 N–H and O–H groups in total. The molecule has 10 heavy (non-hydrogen) atoms. The van der Waals surface area contributed by atoms with Gasteiger partial charge in [0.1, 0.15) is 0 Å². The van der Waals surface area contributed by atoms with E-state index in [-0.39, 0.29) is 5.54 Å². The van der Waals surface area contributed by atoms with E-state index in [0.717, 1.165) is 12.5 Å². The highest BCUT2D eigenvalue weighted by Crippen LogP contribution is 2.33. The van der Waals surface area contributed by atoms with Gasteiger partial charge in [-0.25, -0.2) is 0 Å². The van der Waals surface area contributed by atoms with Gasteiger partial charge in [0, 0.05) is 12.1 Å². The molecule has 58 valence electrons. The molecule has 3 aliphatic rings. The van der Waals surface area contributed by atoms with E-state index in [0.29, 0.717) is 0 Å². The number of nitrogens with two attached hydrogens (primary N) is 1. The Morgan fingerprint density at radius 1 is 1.40 bits per heavy atom. The molecule has 0 spiro atoms. The minimum absolute atomic E-state index is 0.122. The SMILES string of the molecule is C[C@@]1(N)CN2CCC1CC2. The molecule has 0 unspecified atom stereocenters. The van der Waals surface area contributed by atoms with Gasteiger partial charge in [-0.15, -0.1) is 0 Å². The third kappa shape index (κ3) is 0.867. The Bertz CT molecular complexity index is 134. The van der Waals surface area contributed by atoms with Crippen LogP contribution < -0.4 is 5.73 Å². The molecule has 3 fully saturated rings. The predicted octanol–water partition coefficient (Wildman–Crippen LogP) is 0.429. The molecule has 0 aromatic heterocycles. The standard InChI is InChI=1S/C8H16N2/c1-8(9)6-10-4-2-7(8)3-5-10/h7H,2-6,9H2,1H3/t8-/m1/s1. The molecule has 3 saturated heterocycles. The summed E-state index contributed by atoms with van der Waals surface area (Å²) in [5, 5.41) is 0. The largest absolute Gasteiger partial charge is 0.324 e. The van der Waals surface area contributed by atoms with Crippen LogP contribution in [0, 0.1) is 5.92 Å². The van der Waals surface area contributed by atoms with Crippen molar-refractivity contribution < 1.29 is 0 Å². The molecule has 2 heteroatoms. The molecule has 0 radical (unpaired) electrons. The van der Waals surface area contributed by atoms with Gasteiger partial charge in [-0.2, -0.15) is 0 Å². The topological polar surface area (TPSA) is 29.3 Å². The lowest BCUT2D eigenvalue weighted by Crippen LogP contribution is -2.62. The lowest BCUT2D eigenvalue weighted by Gasteiger charge is -2.49. The Balaban J connectivity index is 2.15. The van der Waals surface area contributed by atoms with Crippen molar-refractivity contribution in [1.82, 2.24) is 4.90 Å². The summed E-state index contributed by atoms with van der Waals surface area (Å²) >= 11 is 0. The summed E-state index contributed by atoms with van der Waals surface area (Å²) in [4.78, 5) is 2.49. The maximum atomic E-state index is 6.12. The fourth-order valence-electron chi connectivity index (χ4n) is 2.36. The van der Waals surface area contributed by atoms with Gasteiger partial charge in [0.2, 0.25) is 0 Å². The summed E-state index contributed by atoms with van der Waals surface area (Å²) in [6.45, 7) is 5.90. The molecule has 3 heterocycles. The molecule has 0 amide bonds. The maximum Gasteiger partial charge on any atom is 0.0284 e. The predicted molar refractivity (Wildman–Crippen MR) is 41.8 cm³/mol. The Morgan fingerprint density at radius 2 is 2.00 bits per heavy atom. The lowest BCUT2D eigenvalue weighted by molar-refractivity contribution is 0.0389. The van der Waals surface area contributed by atoms with Crippen molar-refractivity contribution in [3.05, 3.63) is 0 Å². The fourth-order valence-corrected chi connectivity index (χ4v) is 2.36. The van der Waals surface area contributed by atoms with Gasteiger partial charge in [0.15, 0.2) is 0 Å². The molecule has 0 aliphatic carbocycles. The Hall–Kier alpha value is -0.0800. The Labute approximate surface area is 62.4 Å². The summed E-state index contributed by atoms with van der Waals surface area (Å²) in [6.07, 6.45) is 2.65. The van der Waals surface area contributed by atoms with Crippen LogP contribution in [0.15, 0.2) is 0 Å². The van der Waals surface area contributed by atoms with Crippen molar-refractivity contribution in [3.63, 3.8) is 0 Å². The fraction of sp³-hybridized carbons (Fsp3) is 1.00. The molecule has 1 atom stereocenters. The zero-order valence-electron chi connectivity index (χ0n) is 6.64. The van der Waals surface area contributed by atoms with Gasteiger partial charge < -0.3 is 10.6 Å². The second-order valence-electron chi connectivity index (χ2n) is 4.06. The van der Waals surface area contributed by atoms with Crippen LogP contribution in [0.2, 0.25) is 0 Å². The number of hydrogen-bond acceptors (Lipinski definition) is 2. The molecule has 0 saturated carbocycles. The van der Waals surface area contributed by atoms with E-state index in [1.807, 2.05) is 0 Å². The highest BCUT2D eigenvalue weighted by molar-refractivity contribution is 4.98. The molecule has 2 bridgehead atoms. The first kappa shape index (κ1) is 6.62. The van der Waals surface area contributed by atoms with E-state index in [4.69, 9.17) is 5.73 Å². The van der Waals surface area contributed by atoms with E-state index in [2.05, 4.69) is 11.8 Å². The summed E-state index contributed by atoms with van der Waals surface area (Å²) in [7, 11) is 0. The highest BCUT2D eigenvalue weighted by Gasteiger charge is 2.39. The second-order valence-corrected chi connectivity index (χ2v) is 4.06. The smallest absolute Gasteiger partial charge is 0.0284 e. The monoisotopic (exact) mass is 140 g/mol. The first-order valence-electron chi connectivity index (χ1n) is 4.20. The summed E-state index contributed by atoms with van der Waals surface area (Å²) < 4.78 is 0. The van der Waals surface area contributed by atoms with E-state index in [9.17, 15) is 0 Å². The third-order valence-electron chi connectivity index (χ3n) is 3.08. The van der Waals surface area contributed by atoms with Crippen LogP contribution in [0.5, 0.6) is 0 Å². The lowest BCUT2D eigenvalue weighted by atomic mass is 9.75. The van der Waals surface area contributed by atoms with Gasteiger partial charge in [0.05, 0.1) is 0 Å². The average molecular weight is 140 g/mol. The highest BCUT2D eigenvalue weighted by atomic mass is 15.2. The summed E-state index contributed by atoms with van der Waals surface area (Å²) in [5.74, 6) is 0.803. The maximum absolute atomic E-state index is 6.12. The van der Waals surface area contributed by atoms with Gasteiger partial charge >= 0.3 is 0 Å². The molecular formula is C8H16N2. The number of piperidine rings is 3. The minimum Gasteiger partial charge on any atom is -0.324 e. The van der Waals surface area contributed by atoms with Crippen molar-refractivity contribution >= 4 is 0 Å². The van der Waals surface area contributed by atoms with E-state index in [1.54, 1.807) is 0 Å². The van der Waals surface area contributed by atoms with Crippen LogP contribution in [0.25, 0.3) is 0 Å². The zero-order chi connectivity index (χ0) is 7.19. The number of rotatable bonds is 0. The average Bonchev–Trinajstić information content (AvgIpc) is 1.87. The summed E-state index contributed by atoms with van der Waals surface area (Å²) in [6, 6.07) is 0. The number of hydrogen-bond donors (Lipinski definition) is 1. The molecule has 2 nitrogen and oxygen atoms in total. The zero-order valence-corrected chi connectivity index (χ0v) is 6.64. The van der Waals surface area contributed by atoms with Gasteiger partial charge in [-0.1, -0.05) is 0 Å². The van der Waals surface area contributed by atoms with Crippen molar-refractivity contribution in [2.24, 2.45) is 11.7 Å². The first-order chi connectivity index (χ1) is 4.68. The van der Waals surface area contributed by atoms with Crippen molar-refractivity contribution in [2.75, 3.05) is 19.6 Å². The van der Waals surface area contributed by atoms with Gasteiger partial charge in [-0.05, 0) is 38.8 Å². The third-order valence-corrected chi connectivity index (χ3v) is 3.08. The number of nitrogens with zero attached hydrogens (tertiary/aromatic N) is 1. The van der Waals surface area contributed by atoms with Crippen molar-refractivity contribution in [2.45, 2.75) is 25.3 Å². The quantitative estimate of drug-likeness (QED) is 0.528. The van der Waals surface area contributed by atoms with Crippen LogP contribution >= 0.6 is 0 Å². The van der Waals surface area contributed by atoms with Crippen molar-refractivity contribution in [3.8, 4) is 0 Å². The number of fused-ring (bicyclic) bond motifs is 3. The molecule has 0 aromatic carbocycles. The molecule has 0 aromatic rings. The Morgan fingerprint density at radius 3 is 2.20 bits per heavy atom. The van der Waals surface area contributed by atoms with Crippen LogP contribution in [-0.4, -0.2) is 30.1 Å². The normalized spacial score (nSPS) is 53.4. The van der Waals surface area contributed by atoms with Gasteiger partial charge in [-0.3, -0.25) is 0 Å². The molecular weight excluding hydrogens is 124 g/mol.